The maximum absolute atomic E-state index is 6.15. The lowest BCUT2D eigenvalue weighted by atomic mass is 9.99. The van der Waals surface area contributed by atoms with Gasteiger partial charge in [-0.15, -0.1) is 0 Å². The molecule has 0 radical (unpaired) electrons. The summed E-state index contributed by atoms with van der Waals surface area (Å²) in [6, 6.07) is 0. The zero-order chi connectivity index (χ0) is 19.5. The van der Waals surface area contributed by atoms with Gasteiger partial charge >= 0.3 is 0 Å². The van der Waals surface area contributed by atoms with Crippen LogP contribution < -0.4 is 0 Å². The van der Waals surface area contributed by atoms with Crippen molar-refractivity contribution < 1.29 is 28.4 Å². The summed E-state index contributed by atoms with van der Waals surface area (Å²) >= 11 is 0. The molecule has 158 valence electrons. The predicted molar refractivity (Wildman–Crippen MR) is 101 cm³/mol. The predicted octanol–water partition coefficient (Wildman–Crippen LogP) is 4.15. The molecule has 3 aliphatic heterocycles. The van der Waals surface area contributed by atoms with Crippen LogP contribution in [-0.4, -0.2) is 55.5 Å². The summed E-state index contributed by atoms with van der Waals surface area (Å²) in [6.45, 7) is 11.1. The van der Waals surface area contributed by atoms with Crippen molar-refractivity contribution in [2.75, 3.05) is 13.2 Å². The smallest absolute Gasteiger partial charge is 0.190 e. The van der Waals surface area contributed by atoms with Crippen LogP contribution in [0, 0.1) is 0 Å². The molecule has 0 spiro atoms. The van der Waals surface area contributed by atoms with E-state index >= 15 is 0 Å². The Morgan fingerprint density at radius 2 is 1.30 bits per heavy atom. The molecule has 0 aliphatic carbocycles. The van der Waals surface area contributed by atoms with E-state index in [1.54, 1.807) is 0 Å². The first-order valence-electron chi connectivity index (χ1n) is 10.8. The van der Waals surface area contributed by atoms with Crippen molar-refractivity contribution in [3.63, 3.8) is 0 Å². The minimum Gasteiger partial charge on any atom is -0.379 e. The van der Waals surface area contributed by atoms with E-state index in [0.29, 0.717) is 6.61 Å². The molecule has 27 heavy (non-hydrogen) atoms. The number of rotatable bonds is 10. The van der Waals surface area contributed by atoms with E-state index in [-0.39, 0.29) is 24.4 Å². The van der Waals surface area contributed by atoms with Gasteiger partial charge in [0, 0.05) is 6.61 Å². The quantitative estimate of drug-likeness (QED) is 0.526. The molecule has 3 fully saturated rings. The number of fused-ring (bicyclic) bond motifs is 3. The van der Waals surface area contributed by atoms with Crippen LogP contribution in [0.2, 0.25) is 0 Å². The van der Waals surface area contributed by atoms with Gasteiger partial charge < -0.3 is 28.4 Å². The second kappa shape index (κ2) is 9.06. The Hall–Kier alpha value is -0.240. The molecule has 0 N–H and O–H groups in total. The number of unbranched alkanes of at least 4 members (excludes halogenated alkanes) is 6. The lowest BCUT2D eigenvalue weighted by molar-refractivity contribution is -0.243. The van der Waals surface area contributed by atoms with Gasteiger partial charge in [-0.05, 0) is 34.1 Å². The van der Waals surface area contributed by atoms with Gasteiger partial charge in [-0.2, -0.15) is 0 Å². The molecule has 6 nitrogen and oxygen atoms in total. The molecule has 0 aromatic carbocycles. The highest BCUT2D eigenvalue weighted by atomic mass is 16.9. The van der Waals surface area contributed by atoms with Gasteiger partial charge in [0.25, 0.3) is 0 Å². The Balaban J connectivity index is 1.43. The molecule has 0 aromatic rings. The lowest BCUT2D eigenvalue weighted by Gasteiger charge is -2.37. The second-order valence-corrected chi connectivity index (χ2v) is 8.90. The zero-order valence-corrected chi connectivity index (χ0v) is 17.7. The standard InChI is InChI=1S/C21H38O6/c1-6-7-8-9-10-11-12-13-22-14-15-16-17(25-20(2,3)24-16)18-19(23-15)27-21(4,5)26-18/h15-19H,6-14H2,1-5H3/t15-,16-,17-,18+,19+/m0/s1. The summed E-state index contributed by atoms with van der Waals surface area (Å²) in [6.07, 6.45) is 7.62. The Kier molecular flexibility index (Phi) is 7.20. The first-order valence-corrected chi connectivity index (χ1v) is 10.8. The highest BCUT2D eigenvalue weighted by Gasteiger charge is 2.60. The van der Waals surface area contributed by atoms with E-state index in [1.807, 2.05) is 27.7 Å². The van der Waals surface area contributed by atoms with Crippen molar-refractivity contribution in [3.8, 4) is 0 Å². The van der Waals surface area contributed by atoms with Gasteiger partial charge in [-0.1, -0.05) is 45.4 Å². The van der Waals surface area contributed by atoms with E-state index in [0.717, 1.165) is 13.0 Å². The summed E-state index contributed by atoms with van der Waals surface area (Å²) in [4.78, 5) is 0. The van der Waals surface area contributed by atoms with Crippen LogP contribution in [0.1, 0.15) is 79.6 Å². The highest BCUT2D eigenvalue weighted by molar-refractivity contribution is 5.00. The third-order valence-corrected chi connectivity index (χ3v) is 5.43. The van der Waals surface area contributed by atoms with Gasteiger partial charge in [0.1, 0.15) is 24.4 Å². The Bertz CT molecular complexity index is 466. The topological polar surface area (TPSA) is 55.4 Å². The van der Waals surface area contributed by atoms with Crippen LogP contribution in [0.25, 0.3) is 0 Å². The molecule has 0 amide bonds. The van der Waals surface area contributed by atoms with E-state index in [2.05, 4.69) is 6.92 Å². The molecule has 6 heteroatoms. The largest absolute Gasteiger partial charge is 0.379 e. The molecule has 3 heterocycles. The van der Waals surface area contributed by atoms with Gasteiger partial charge in [0.15, 0.2) is 17.9 Å². The van der Waals surface area contributed by atoms with Crippen molar-refractivity contribution in [1.82, 2.24) is 0 Å². The van der Waals surface area contributed by atoms with Crippen molar-refractivity contribution in [1.29, 1.82) is 0 Å². The molecule has 0 bridgehead atoms. The van der Waals surface area contributed by atoms with E-state index in [4.69, 9.17) is 28.4 Å². The SMILES string of the molecule is CCCCCCCCCOC[C@@H]1O[C@@H]2OC(C)(C)O[C@@H]2[C@H]2OC(C)(C)O[C@H]21. The third-order valence-electron chi connectivity index (χ3n) is 5.43. The molecule has 3 saturated heterocycles. The maximum Gasteiger partial charge on any atom is 0.190 e. The average Bonchev–Trinajstić information content (AvgIpc) is 3.07. The van der Waals surface area contributed by atoms with Gasteiger partial charge in [-0.25, -0.2) is 0 Å². The van der Waals surface area contributed by atoms with Crippen molar-refractivity contribution >= 4 is 0 Å². The molecule has 5 atom stereocenters. The van der Waals surface area contributed by atoms with Crippen molar-refractivity contribution in [2.45, 2.75) is 122 Å². The molecule has 0 saturated carbocycles. The monoisotopic (exact) mass is 386 g/mol. The fourth-order valence-electron chi connectivity index (χ4n) is 4.19. The number of hydrogen-bond acceptors (Lipinski definition) is 6. The molecule has 3 rings (SSSR count). The van der Waals surface area contributed by atoms with Gasteiger partial charge in [-0.3, -0.25) is 0 Å². The molecular weight excluding hydrogens is 348 g/mol. The van der Waals surface area contributed by atoms with Crippen LogP contribution in [0.4, 0.5) is 0 Å². The van der Waals surface area contributed by atoms with Crippen molar-refractivity contribution in [3.05, 3.63) is 0 Å². The number of ether oxygens (including phenoxy) is 6. The van der Waals surface area contributed by atoms with E-state index in [9.17, 15) is 0 Å². The van der Waals surface area contributed by atoms with Crippen molar-refractivity contribution in [2.24, 2.45) is 0 Å². The Morgan fingerprint density at radius 3 is 2.04 bits per heavy atom. The average molecular weight is 387 g/mol. The fourth-order valence-corrected chi connectivity index (χ4v) is 4.19. The fraction of sp³-hybridized carbons (Fsp3) is 1.00. The van der Waals surface area contributed by atoms with Gasteiger partial charge in [0.2, 0.25) is 0 Å². The van der Waals surface area contributed by atoms with Crippen LogP contribution in [0.5, 0.6) is 0 Å². The normalized spacial score (nSPS) is 36.6. The Morgan fingerprint density at radius 1 is 0.704 bits per heavy atom. The van der Waals surface area contributed by atoms with Crippen LogP contribution in [0.3, 0.4) is 0 Å². The lowest BCUT2D eigenvalue weighted by Crippen LogP contribution is -2.56. The first kappa shape index (κ1) is 21.5. The summed E-state index contributed by atoms with van der Waals surface area (Å²) in [5, 5.41) is 0. The van der Waals surface area contributed by atoms with Crippen LogP contribution in [0.15, 0.2) is 0 Å². The van der Waals surface area contributed by atoms with E-state index < -0.39 is 17.9 Å². The minimum absolute atomic E-state index is 0.201. The van der Waals surface area contributed by atoms with Gasteiger partial charge in [0.05, 0.1) is 6.61 Å². The summed E-state index contributed by atoms with van der Waals surface area (Å²) in [5.41, 5.74) is 0. The summed E-state index contributed by atoms with van der Waals surface area (Å²) in [7, 11) is 0. The molecule has 0 aromatic heterocycles. The molecule has 3 aliphatic rings. The summed E-state index contributed by atoms with van der Waals surface area (Å²) in [5.74, 6) is -1.33. The Labute approximate surface area is 164 Å². The maximum atomic E-state index is 6.15. The first-order chi connectivity index (χ1) is 12.8. The number of hydrogen-bond donors (Lipinski definition) is 0. The van der Waals surface area contributed by atoms with Crippen LogP contribution in [-0.2, 0) is 28.4 Å². The summed E-state index contributed by atoms with van der Waals surface area (Å²) < 4.78 is 36.2. The molecule has 0 unspecified atom stereocenters. The van der Waals surface area contributed by atoms with E-state index in [1.165, 1.54) is 38.5 Å². The minimum atomic E-state index is -0.677. The highest BCUT2D eigenvalue weighted by Crippen LogP contribution is 2.44. The van der Waals surface area contributed by atoms with Crippen LogP contribution >= 0.6 is 0 Å². The second-order valence-electron chi connectivity index (χ2n) is 8.90. The molecular formula is C21H38O6. The zero-order valence-electron chi connectivity index (χ0n) is 17.7. The third kappa shape index (κ3) is 5.64.